The molecule has 4 heteroatoms. The molecule has 0 aliphatic carbocycles. The van der Waals surface area contributed by atoms with Gasteiger partial charge in [0.25, 0.3) is 0 Å². The summed E-state index contributed by atoms with van der Waals surface area (Å²) >= 11 is 0. The van der Waals surface area contributed by atoms with Gasteiger partial charge in [0.2, 0.25) is 0 Å². The molecule has 1 heterocycles. The standard InChI is InChI=1S/C12H13NO3/c1-8-2-3-11-9(6-8)10(12(15)16)7-13(11)4-5-14/h2-3,6-7,14H,4-5H2,1H3,(H,15,16). The number of carbonyl (C=O) groups is 1. The number of nitrogens with zero attached hydrogens (tertiary/aromatic N) is 1. The fraction of sp³-hybridized carbons (Fsp3) is 0.250. The van der Waals surface area contributed by atoms with Gasteiger partial charge in [0.05, 0.1) is 12.2 Å². The van der Waals surface area contributed by atoms with E-state index in [4.69, 9.17) is 10.2 Å². The van der Waals surface area contributed by atoms with E-state index in [1.165, 1.54) is 0 Å². The van der Waals surface area contributed by atoms with Crippen LogP contribution in [0, 0.1) is 6.92 Å². The van der Waals surface area contributed by atoms with Crippen LogP contribution in [0.2, 0.25) is 0 Å². The Balaban J connectivity index is 2.71. The van der Waals surface area contributed by atoms with Crippen LogP contribution in [-0.4, -0.2) is 27.4 Å². The number of fused-ring (bicyclic) bond motifs is 1. The zero-order valence-electron chi connectivity index (χ0n) is 8.97. The van der Waals surface area contributed by atoms with E-state index in [1.807, 2.05) is 25.1 Å². The minimum Gasteiger partial charge on any atom is -0.478 e. The first-order valence-corrected chi connectivity index (χ1v) is 5.07. The fourth-order valence-corrected chi connectivity index (χ4v) is 1.87. The van der Waals surface area contributed by atoms with Crippen molar-refractivity contribution in [2.45, 2.75) is 13.5 Å². The number of aromatic nitrogens is 1. The first kappa shape index (κ1) is 10.7. The Morgan fingerprint density at radius 3 is 2.81 bits per heavy atom. The molecule has 1 aromatic heterocycles. The number of aliphatic hydroxyl groups excluding tert-OH is 1. The smallest absolute Gasteiger partial charge is 0.337 e. The minimum absolute atomic E-state index is 0.00326. The molecule has 4 nitrogen and oxygen atoms in total. The van der Waals surface area contributed by atoms with Gasteiger partial charge in [-0.1, -0.05) is 11.6 Å². The van der Waals surface area contributed by atoms with Crippen LogP contribution in [0.4, 0.5) is 0 Å². The average molecular weight is 219 g/mol. The summed E-state index contributed by atoms with van der Waals surface area (Å²) in [5.74, 6) is -0.938. The first-order valence-electron chi connectivity index (χ1n) is 5.07. The zero-order chi connectivity index (χ0) is 11.7. The predicted molar refractivity (Wildman–Crippen MR) is 60.7 cm³/mol. The largest absolute Gasteiger partial charge is 0.478 e. The van der Waals surface area contributed by atoms with Crippen LogP contribution in [0.15, 0.2) is 24.4 Å². The van der Waals surface area contributed by atoms with Crippen molar-refractivity contribution in [2.75, 3.05) is 6.61 Å². The lowest BCUT2D eigenvalue weighted by Gasteiger charge is -2.01. The Labute approximate surface area is 92.7 Å². The van der Waals surface area contributed by atoms with E-state index < -0.39 is 5.97 Å². The van der Waals surface area contributed by atoms with Crippen molar-refractivity contribution in [1.82, 2.24) is 4.57 Å². The lowest BCUT2D eigenvalue weighted by Crippen LogP contribution is -2.00. The molecule has 2 N–H and O–H groups in total. The molecular weight excluding hydrogens is 206 g/mol. The van der Waals surface area contributed by atoms with Gasteiger partial charge in [-0.15, -0.1) is 0 Å². The molecule has 84 valence electrons. The number of hydrogen-bond acceptors (Lipinski definition) is 2. The van der Waals surface area contributed by atoms with Crippen molar-refractivity contribution >= 4 is 16.9 Å². The van der Waals surface area contributed by atoms with Gasteiger partial charge < -0.3 is 14.8 Å². The third-order valence-electron chi connectivity index (χ3n) is 2.61. The zero-order valence-corrected chi connectivity index (χ0v) is 8.97. The lowest BCUT2D eigenvalue weighted by atomic mass is 10.1. The van der Waals surface area contributed by atoms with Gasteiger partial charge in [0.15, 0.2) is 0 Å². The second-order valence-electron chi connectivity index (χ2n) is 3.79. The molecule has 0 aliphatic rings. The van der Waals surface area contributed by atoms with E-state index >= 15 is 0 Å². The van der Waals surface area contributed by atoms with Crippen molar-refractivity contribution in [3.8, 4) is 0 Å². The first-order chi connectivity index (χ1) is 7.63. The molecule has 0 fully saturated rings. The Morgan fingerprint density at radius 1 is 1.44 bits per heavy atom. The van der Waals surface area contributed by atoms with Crippen molar-refractivity contribution in [3.05, 3.63) is 35.5 Å². The van der Waals surface area contributed by atoms with E-state index in [0.29, 0.717) is 6.54 Å². The summed E-state index contributed by atoms with van der Waals surface area (Å²) in [6, 6.07) is 5.67. The highest BCUT2D eigenvalue weighted by Crippen LogP contribution is 2.22. The summed E-state index contributed by atoms with van der Waals surface area (Å²) in [6.07, 6.45) is 1.57. The average Bonchev–Trinajstić information content (AvgIpc) is 2.57. The number of aliphatic hydroxyl groups is 1. The summed E-state index contributed by atoms with van der Waals surface area (Å²) in [6.45, 7) is 2.33. The number of hydrogen-bond donors (Lipinski definition) is 2. The number of rotatable bonds is 3. The highest BCUT2D eigenvalue weighted by Gasteiger charge is 2.13. The van der Waals surface area contributed by atoms with Crippen LogP contribution >= 0.6 is 0 Å². The van der Waals surface area contributed by atoms with Gasteiger partial charge in [-0.2, -0.15) is 0 Å². The van der Waals surface area contributed by atoms with E-state index in [0.717, 1.165) is 16.5 Å². The topological polar surface area (TPSA) is 62.5 Å². The Bertz CT molecular complexity index is 542. The molecule has 16 heavy (non-hydrogen) atoms. The van der Waals surface area contributed by atoms with Crippen molar-refractivity contribution in [1.29, 1.82) is 0 Å². The number of aromatic carboxylic acids is 1. The summed E-state index contributed by atoms with van der Waals surface area (Å²) in [4.78, 5) is 11.1. The summed E-state index contributed by atoms with van der Waals surface area (Å²) < 4.78 is 1.76. The van der Waals surface area contributed by atoms with Crippen molar-refractivity contribution < 1.29 is 15.0 Å². The van der Waals surface area contributed by atoms with Gasteiger partial charge in [0.1, 0.15) is 0 Å². The molecule has 0 saturated carbocycles. The quantitative estimate of drug-likeness (QED) is 0.824. The minimum atomic E-state index is -0.938. The monoisotopic (exact) mass is 219 g/mol. The third kappa shape index (κ3) is 1.67. The number of benzene rings is 1. The van der Waals surface area contributed by atoms with Gasteiger partial charge in [-0.05, 0) is 19.1 Å². The fourth-order valence-electron chi connectivity index (χ4n) is 1.87. The van der Waals surface area contributed by atoms with E-state index in [-0.39, 0.29) is 12.2 Å². The molecule has 0 bridgehead atoms. The SMILES string of the molecule is Cc1ccc2c(c1)c(C(=O)O)cn2CCO. The molecule has 0 amide bonds. The summed E-state index contributed by atoms with van der Waals surface area (Å²) in [5, 5.41) is 18.7. The molecule has 2 aromatic rings. The number of aryl methyl sites for hydroxylation is 1. The van der Waals surface area contributed by atoms with Gasteiger partial charge >= 0.3 is 5.97 Å². The van der Waals surface area contributed by atoms with Gasteiger partial charge in [0, 0.05) is 23.6 Å². The molecule has 0 unspecified atom stereocenters. The third-order valence-corrected chi connectivity index (χ3v) is 2.61. The van der Waals surface area contributed by atoms with E-state index in [9.17, 15) is 4.79 Å². The molecule has 0 spiro atoms. The number of carboxylic acid groups (broad SMARTS) is 1. The Hall–Kier alpha value is -1.81. The predicted octanol–water partition coefficient (Wildman–Crippen LogP) is 1.64. The summed E-state index contributed by atoms with van der Waals surface area (Å²) in [5.41, 5.74) is 2.15. The highest BCUT2D eigenvalue weighted by molar-refractivity contribution is 6.03. The van der Waals surface area contributed by atoms with E-state index in [1.54, 1.807) is 10.8 Å². The molecular formula is C12H13NO3. The van der Waals surface area contributed by atoms with E-state index in [2.05, 4.69) is 0 Å². The normalized spacial score (nSPS) is 10.9. The van der Waals surface area contributed by atoms with Crippen LogP contribution in [0.1, 0.15) is 15.9 Å². The van der Waals surface area contributed by atoms with Crippen LogP contribution in [0.25, 0.3) is 10.9 Å². The van der Waals surface area contributed by atoms with Crippen LogP contribution in [0.5, 0.6) is 0 Å². The summed E-state index contributed by atoms with van der Waals surface area (Å²) in [7, 11) is 0. The van der Waals surface area contributed by atoms with Crippen molar-refractivity contribution in [3.63, 3.8) is 0 Å². The Morgan fingerprint density at radius 2 is 2.19 bits per heavy atom. The van der Waals surface area contributed by atoms with Crippen LogP contribution < -0.4 is 0 Å². The van der Waals surface area contributed by atoms with Crippen molar-refractivity contribution in [2.24, 2.45) is 0 Å². The van der Waals surface area contributed by atoms with Crippen LogP contribution in [-0.2, 0) is 6.54 Å². The second kappa shape index (κ2) is 3.98. The molecule has 2 rings (SSSR count). The molecule has 0 radical (unpaired) electrons. The molecule has 1 aromatic carbocycles. The maximum absolute atomic E-state index is 11.1. The number of carboxylic acids is 1. The maximum Gasteiger partial charge on any atom is 0.337 e. The Kier molecular flexibility index (Phi) is 2.66. The lowest BCUT2D eigenvalue weighted by molar-refractivity contribution is 0.0698. The molecule has 0 atom stereocenters. The second-order valence-corrected chi connectivity index (χ2v) is 3.79. The van der Waals surface area contributed by atoms with Crippen LogP contribution in [0.3, 0.4) is 0 Å². The maximum atomic E-state index is 11.1. The molecule has 0 saturated heterocycles. The van der Waals surface area contributed by atoms with Gasteiger partial charge in [-0.3, -0.25) is 0 Å². The molecule has 0 aliphatic heterocycles. The van der Waals surface area contributed by atoms with Gasteiger partial charge in [-0.25, -0.2) is 4.79 Å². The highest BCUT2D eigenvalue weighted by atomic mass is 16.4.